The van der Waals surface area contributed by atoms with Gasteiger partial charge in [0.2, 0.25) is 0 Å². The maximum absolute atomic E-state index is 12.9. The third-order valence-electron chi connectivity index (χ3n) is 4.97. The van der Waals surface area contributed by atoms with Crippen LogP contribution >= 0.6 is 11.3 Å². The lowest BCUT2D eigenvalue weighted by Gasteiger charge is -2.13. The first-order chi connectivity index (χ1) is 15.7. The minimum Gasteiger partial charge on any atom is -0.378 e. The molecular formula is C24H21F3N4OS. The summed E-state index contributed by atoms with van der Waals surface area (Å²) in [5, 5.41) is 6.67. The van der Waals surface area contributed by atoms with Crippen molar-refractivity contribution in [1.29, 1.82) is 0 Å². The molecule has 0 unspecified atom stereocenters. The molecule has 4 rings (SSSR count). The van der Waals surface area contributed by atoms with Crippen molar-refractivity contribution in [2.24, 2.45) is 0 Å². The molecule has 0 saturated carbocycles. The second kappa shape index (κ2) is 9.11. The van der Waals surface area contributed by atoms with E-state index < -0.39 is 11.7 Å². The van der Waals surface area contributed by atoms with E-state index in [4.69, 9.17) is 0 Å². The number of aromatic nitrogens is 1. The number of hydrogen-bond acceptors (Lipinski definition) is 5. The van der Waals surface area contributed by atoms with E-state index in [-0.39, 0.29) is 12.5 Å². The van der Waals surface area contributed by atoms with Gasteiger partial charge in [-0.3, -0.25) is 4.79 Å². The van der Waals surface area contributed by atoms with Crippen LogP contribution in [0.1, 0.15) is 21.5 Å². The Balaban J connectivity index is 1.46. The quantitative estimate of drug-likeness (QED) is 0.360. The summed E-state index contributed by atoms with van der Waals surface area (Å²) in [5.74, 6) is -0.365. The van der Waals surface area contributed by atoms with E-state index in [9.17, 15) is 18.0 Å². The van der Waals surface area contributed by atoms with Gasteiger partial charge in [0.25, 0.3) is 5.91 Å². The van der Waals surface area contributed by atoms with Crippen LogP contribution in [0.2, 0.25) is 0 Å². The highest BCUT2D eigenvalue weighted by Gasteiger charge is 2.30. The van der Waals surface area contributed by atoms with Crippen molar-refractivity contribution in [3.8, 4) is 0 Å². The van der Waals surface area contributed by atoms with E-state index in [1.807, 2.05) is 43.3 Å². The molecule has 1 aromatic heterocycles. The van der Waals surface area contributed by atoms with Crippen LogP contribution in [0.5, 0.6) is 0 Å². The lowest BCUT2D eigenvalue weighted by molar-refractivity contribution is -0.137. The molecule has 0 saturated heterocycles. The second-order valence-electron chi connectivity index (χ2n) is 7.65. The Hall–Kier alpha value is -3.59. The number of fused-ring (bicyclic) bond motifs is 1. The van der Waals surface area contributed by atoms with E-state index in [1.165, 1.54) is 17.4 Å². The molecule has 5 nitrogen and oxygen atoms in total. The highest BCUT2D eigenvalue weighted by Crippen LogP contribution is 2.31. The van der Waals surface area contributed by atoms with Crippen LogP contribution in [-0.2, 0) is 12.7 Å². The molecule has 0 aliphatic carbocycles. The maximum atomic E-state index is 12.9. The highest BCUT2D eigenvalue weighted by atomic mass is 32.1. The largest absolute Gasteiger partial charge is 0.416 e. The maximum Gasteiger partial charge on any atom is 0.416 e. The van der Waals surface area contributed by atoms with Crippen LogP contribution in [-0.4, -0.2) is 25.0 Å². The Morgan fingerprint density at radius 2 is 1.82 bits per heavy atom. The number of amides is 1. The smallest absolute Gasteiger partial charge is 0.378 e. The van der Waals surface area contributed by atoms with Crippen molar-refractivity contribution in [2.45, 2.75) is 12.7 Å². The molecule has 1 amide bonds. The zero-order chi connectivity index (χ0) is 23.6. The Morgan fingerprint density at radius 3 is 2.58 bits per heavy atom. The molecule has 3 aromatic carbocycles. The molecule has 0 atom stereocenters. The van der Waals surface area contributed by atoms with Gasteiger partial charge in [-0.05, 0) is 54.1 Å². The number of carbonyl (C=O) groups excluding carboxylic acids is 1. The molecule has 0 radical (unpaired) electrons. The summed E-state index contributed by atoms with van der Waals surface area (Å²) in [5.41, 5.74) is 2.76. The van der Waals surface area contributed by atoms with Crippen molar-refractivity contribution in [3.05, 3.63) is 83.4 Å². The lowest BCUT2D eigenvalue weighted by Crippen LogP contribution is -2.22. The van der Waals surface area contributed by atoms with E-state index >= 15 is 0 Å². The van der Waals surface area contributed by atoms with E-state index in [0.29, 0.717) is 16.3 Å². The number of rotatable bonds is 6. The number of nitrogens with one attached hydrogen (secondary N) is 2. The Morgan fingerprint density at radius 1 is 1.03 bits per heavy atom. The monoisotopic (exact) mass is 470 g/mol. The Bertz CT molecular complexity index is 1300. The number of nitrogens with zero attached hydrogens (tertiary/aromatic N) is 2. The SMILES string of the molecule is CN(C)c1cccc(Nc2nc3ccc(C(=O)NCc4cccc(C(F)(F)F)c4)cc3s2)c1. The molecule has 0 aliphatic heterocycles. The van der Waals surface area contributed by atoms with Crippen LogP contribution in [0.3, 0.4) is 0 Å². The standard InChI is InChI=1S/C24H21F3N4OS/c1-31(2)19-8-4-7-18(13-19)29-23-30-20-10-9-16(12-21(20)33-23)22(32)28-14-15-5-3-6-17(11-15)24(25,26)27/h3-13H,14H2,1-2H3,(H,28,32)(H,29,30). The zero-order valence-electron chi connectivity index (χ0n) is 17.9. The zero-order valence-corrected chi connectivity index (χ0v) is 18.7. The average molecular weight is 471 g/mol. The molecule has 9 heteroatoms. The van der Waals surface area contributed by atoms with Gasteiger partial charge < -0.3 is 15.5 Å². The number of halogens is 3. The van der Waals surface area contributed by atoms with Crippen molar-refractivity contribution >= 4 is 44.0 Å². The highest BCUT2D eigenvalue weighted by molar-refractivity contribution is 7.22. The third kappa shape index (κ3) is 5.43. The molecule has 33 heavy (non-hydrogen) atoms. The lowest BCUT2D eigenvalue weighted by atomic mass is 10.1. The van der Waals surface area contributed by atoms with Gasteiger partial charge in [0, 0.05) is 37.6 Å². The van der Waals surface area contributed by atoms with Gasteiger partial charge in [0.15, 0.2) is 5.13 Å². The number of benzene rings is 3. The van der Waals surface area contributed by atoms with Gasteiger partial charge in [-0.25, -0.2) is 4.98 Å². The van der Waals surface area contributed by atoms with Crippen molar-refractivity contribution in [3.63, 3.8) is 0 Å². The number of thiazole rings is 1. The van der Waals surface area contributed by atoms with Crippen molar-refractivity contribution in [1.82, 2.24) is 10.3 Å². The molecule has 2 N–H and O–H groups in total. The number of hydrogen-bond donors (Lipinski definition) is 2. The predicted molar refractivity (Wildman–Crippen MR) is 126 cm³/mol. The summed E-state index contributed by atoms with van der Waals surface area (Å²) in [6.45, 7) is -0.00149. The summed E-state index contributed by atoms with van der Waals surface area (Å²) < 4.78 is 39.5. The molecular weight excluding hydrogens is 449 g/mol. The van der Waals surface area contributed by atoms with Crippen LogP contribution in [0.25, 0.3) is 10.2 Å². The Labute approximate surface area is 192 Å². The first-order valence-electron chi connectivity index (χ1n) is 10.1. The van der Waals surface area contributed by atoms with Crippen LogP contribution in [0.15, 0.2) is 66.7 Å². The normalized spacial score (nSPS) is 11.4. The summed E-state index contributed by atoms with van der Waals surface area (Å²) in [4.78, 5) is 19.1. The minimum atomic E-state index is -4.42. The summed E-state index contributed by atoms with van der Waals surface area (Å²) in [6.07, 6.45) is -4.42. The Kier molecular flexibility index (Phi) is 6.24. The number of carbonyl (C=O) groups is 1. The van der Waals surface area contributed by atoms with Crippen LogP contribution in [0, 0.1) is 0 Å². The first-order valence-corrected chi connectivity index (χ1v) is 10.9. The van der Waals surface area contributed by atoms with Crippen molar-refractivity contribution in [2.75, 3.05) is 24.3 Å². The summed E-state index contributed by atoms with van der Waals surface area (Å²) in [7, 11) is 3.94. The molecule has 4 aromatic rings. The van der Waals surface area contributed by atoms with Gasteiger partial charge >= 0.3 is 6.18 Å². The van der Waals surface area contributed by atoms with Crippen LogP contribution < -0.4 is 15.5 Å². The van der Waals surface area contributed by atoms with Gasteiger partial charge in [-0.2, -0.15) is 13.2 Å². The fourth-order valence-corrected chi connectivity index (χ4v) is 4.17. The fraction of sp³-hybridized carbons (Fsp3) is 0.167. The summed E-state index contributed by atoms with van der Waals surface area (Å²) >= 11 is 1.42. The fourth-order valence-electron chi connectivity index (χ4n) is 3.25. The van der Waals surface area contributed by atoms with Crippen LogP contribution in [0.4, 0.5) is 29.7 Å². The molecule has 0 bridgehead atoms. The predicted octanol–water partition coefficient (Wildman–Crippen LogP) is 6.05. The minimum absolute atomic E-state index is 0.00149. The number of anilines is 3. The van der Waals surface area contributed by atoms with Gasteiger partial charge in [-0.1, -0.05) is 29.5 Å². The van der Waals surface area contributed by atoms with E-state index in [2.05, 4.69) is 15.6 Å². The van der Waals surface area contributed by atoms with E-state index in [0.717, 1.165) is 33.7 Å². The molecule has 0 spiro atoms. The number of alkyl halides is 3. The van der Waals surface area contributed by atoms with E-state index in [1.54, 1.807) is 24.3 Å². The van der Waals surface area contributed by atoms with Gasteiger partial charge in [0.05, 0.1) is 15.8 Å². The van der Waals surface area contributed by atoms with Crippen molar-refractivity contribution < 1.29 is 18.0 Å². The second-order valence-corrected chi connectivity index (χ2v) is 8.68. The molecule has 170 valence electrons. The topological polar surface area (TPSA) is 57.3 Å². The van der Waals surface area contributed by atoms with Gasteiger partial charge in [0.1, 0.15) is 0 Å². The third-order valence-corrected chi connectivity index (χ3v) is 5.91. The molecule has 0 aliphatic rings. The average Bonchev–Trinajstić information content (AvgIpc) is 3.18. The first kappa shape index (κ1) is 22.6. The molecule has 0 fully saturated rings. The molecule has 1 heterocycles. The summed E-state index contributed by atoms with van der Waals surface area (Å²) in [6, 6.07) is 18.0. The van der Waals surface area contributed by atoms with Gasteiger partial charge in [-0.15, -0.1) is 0 Å².